The second kappa shape index (κ2) is 6.83. The van der Waals surface area contributed by atoms with Gasteiger partial charge in [-0.05, 0) is 19.1 Å². The molecule has 1 aromatic carbocycles. The Balaban J connectivity index is 2.74. The molecule has 0 aromatic heterocycles. The number of nitrogens with two attached hydrogens (primary N) is 1. The molecular formula is C13H18F2N4O. The summed E-state index contributed by atoms with van der Waals surface area (Å²) in [5.74, 6) is -1.87. The summed E-state index contributed by atoms with van der Waals surface area (Å²) in [6.45, 7) is 4.11. The van der Waals surface area contributed by atoms with Gasteiger partial charge >= 0.3 is 6.03 Å². The van der Waals surface area contributed by atoms with Crippen LogP contribution in [0.2, 0.25) is 0 Å². The van der Waals surface area contributed by atoms with Crippen LogP contribution in [0.15, 0.2) is 18.2 Å². The van der Waals surface area contributed by atoms with E-state index in [1.165, 1.54) is 4.90 Å². The fourth-order valence-corrected chi connectivity index (χ4v) is 1.57. The van der Waals surface area contributed by atoms with Crippen molar-refractivity contribution in [2.45, 2.75) is 13.8 Å². The molecule has 110 valence electrons. The van der Waals surface area contributed by atoms with Crippen molar-refractivity contribution in [3.05, 3.63) is 29.8 Å². The Morgan fingerprint density at radius 1 is 1.50 bits per heavy atom. The Kier molecular flexibility index (Phi) is 5.42. The van der Waals surface area contributed by atoms with Gasteiger partial charge in [0.2, 0.25) is 0 Å². The van der Waals surface area contributed by atoms with Crippen LogP contribution in [0.4, 0.5) is 19.3 Å². The minimum atomic E-state index is -0.839. The predicted molar refractivity (Wildman–Crippen MR) is 73.7 cm³/mol. The highest BCUT2D eigenvalue weighted by Crippen LogP contribution is 2.15. The van der Waals surface area contributed by atoms with Gasteiger partial charge in [0, 0.05) is 25.1 Å². The molecule has 1 unspecified atom stereocenters. The average molecular weight is 284 g/mol. The summed E-state index contributed by atoms with van der Waals surface area (Å²) in [6, 6.07) is 2.40. The lowest BCUT2D eigenvalue weighted by Gasteiger charge is -2.24. The van der Waals surface area contributed by atoms with Crippen LogP contribution in [0.3, 0.4) is 0 Å². The third-order valence-corrected chi connectivity index (χ3v) is 2.87. The molecule has 0 aliphatic heterocycles. The molecule has 20 heavy (non-hydrogen) atoms. The van der Waals surface area contributed by atoms with E-state index >= 15 is 0 Å². The van der Waals surface area contributed by atoms with Crippen molar-refractivity contribution in [2.75, 3.05) is 18.4 Å². The minimum absolute atomic E-state index is 0.0239. The molecule has 1 aromatic rings. The molecule has 4 N–H and O–H groups in total. The number of amidine groups is 1. The standard InChI is InChI=1S/C13H18F2N4O/c1-3-19(7-8(2)12(16)17)13(20)18-11-5-4-9(14)6-10(11)15/h4-6,8H,3,7H2,1-2H3,(H3,16,17)(H,18,20). The van der Waals surface area contributed by atoms with Gasteiger partial charge in [0.1, 0.15) is 11.6 Å². The van der Waals surface area contributed by atoms with Gasteiger partial charge in [-0.15, -0.1) is 0 Å². The van der Waals surface area contributed by atoms with Gasteiger partial charge in [0.15, 0.2) is 0 Å². The largest absolute Gasteiger partial charge is 0.387 e. The molecule has 1 rings (SSSR count). The first kappa shape index (κ1) is 15.9. The molecule has 0 aliphatic rings. The van der Waals surface area contributed by atoms with Crippen LogP contribution in [0.25, 0.3) is 0 Å². The monoisotopic (exact) mass is 284 g/mol. The summed E-state index contributed by atoms with van der Waals surface area (Å²) in [4.78, 5) is 13.4. The van der Waals surface area contributed by atoms with Gasteiger partial charge in [0.05, 0.1) is 11.5 Å². The van der Waals surface area contributed by atoms with Crippen LogP contribution in [-0.4, -0.2) is 29.9 Å². The fourth-order valence-electron chi connectivity index (χ4n) is 1.57. The normalized spacial score (nSPS) is 11.8. The highest BCUT2D eigenvalue weighted by molar-refractivity contribution is 5.90. The maximum atomic E-state index is 13.4. The van der Waals surface area contributed by atoms with Crippen LogP contribution < -0.4 is 11.1 Å². The number of hydrogen-bond donors (Lipinski definition) is 3. The number of carbonyl (C=O) groups excluding carboxylic acids is 1. The number of nitrogens with zero attached hydrogens (tertiary/aromatic N) is 1. The molecule has 0 bridgehead atoms. The van der Waals surface area contributed by atoms with E-state index in [1.807, 2.05) is 0 Å². The van der Waals surface area contributed by atoms with E-state index in [2.05, 4.69) is 5.32 Å². The Bertz CT molecular complexity index is 507. The molecule has 1 atom stereocenters. The van der Waals surface area contributed by atoms with Crippen molar-refractivity contribution in [3.63, 3.8) is 0 Å². The van der Waals surface area contributed by atoms with E-state index in [4.69, 9.17) is 11.1 Å². The number of anilines is 1. The van der Waals surface area contributed by atoms with Crippen molar-refractivity contribution >= 4 is 17.6 Å². The Hall–Kier alpha value is -2.18. The van der Waals surface area contributed by atoms with Gasteiger partial charge in [0.25, 0.3) is 0 Å². The topological polar surface area (TPSA) is 82.2 Å². The number of nitrogens with one attached hydrogen (secondary N) is 2. The van der Waals surface area contributed by atoms with Gasteiger partial charge in [-0.1, -0.05) is 6.92 Å². The van der Waals surface area contributed by atoms with Crippen molar-refractivity contribution in [1.29, 1.82) is 5.41 Å². The van der Waals surface area contributed by atoms with E-state index in [9.17, 15) is 13.6 Å². The van der Waals surface area contributed by atoms with Crippen LogP contribution in [0, 0.1) is 23.0 Å². The van der Waals surface area contributed by atoms with Gasteiger partial charge in [-0.3, -0.25) is 5.41 Å². The van der Waals surface area contributed by atoms with E-state index < -0.39 is 17.7 Å². The number of urea groups is 1. The molecule has 0 saturated carbocycles. The quantitative estimate of drug-likeness (QED) is 0.573. The van der Waals surface area contributed by atoms with Crippen LogP contribution in [-0.2, 0) is 0 Å². The molecule has 0 spiro atoms. The van der Waals surface area contributed by atoms with Crippen molar-refractivity contribution in [3.8, 4) is 0 Å². The number of rotatable bonds is 5. The first-order valence-corrected chi connectivity index (χ1v) is 6.20. The molecule has 0 fully saturated rings. The number of halogens is 2. The van der Waals surface area contributed by atoms with Crippen molar-refractivity contribution in [2.24, 2.45) is 11.7 Å². The molecule has 7 heteroatoms. The summed E-state index contributed by atoms with van der Waals surface area (Å²) in [5.41, 5.74) is 5.26. The summed E-state index contributed by atoms with van der Waals surface area (Å²) < 4.78 is 26.2. The molecule has 2 amide bonds. The lowest BCUT2D eigenvalue weighted by atomic mass is 10.1. The predicted octanol–water partition coefficient (Wildman–Crippen LogP) is 2.39. The third kappa shape index (κ3) is 4.18. The van der Waals surface area contributed by atoms with E-state index in [-0.39, 0.29) is 24.0 Å². The van der Waals surface area contributed by atoms with E-state index in [1.54, 1.807) is 13.8 Å². The summed E-state index contributed by atoms with van der Waals surface area (Å²) in [6.07, 6.45) is 0. The van der Waals surface area contributed by atoms with Crippen molar-refractivity contribution in [1.82, 2.24) is 4.90 Å². The highest BCUT2D eigenvalue weighted by Gasteiger charge is 2.17. The Morgan fingerprint density at radius 3 is 2.65 bits per heavy atom. The maximum absolute atomic E-state index is 13.4. The summed E-state index contributed by atoms with van der Waals surface area (Å²) in [5, 5.41) is 9.67. The molecule has 0 radical (unpaired) electrons. The van der Waals surface area contributed by atoms with Crippen LogP contribution in [0.1, 0.15) is 13.8 Å². The third-order valence-electron chi connectivity index (χ3n) is 2.87. The number of amides is 2. The first-order valence-electron chi connectivity index (χ1n) is 6.20. The van der Waals surface area contributed by atoms with Crippen LogP contribution in [0.5, 0.6) is 0 Å². The molecule has 0 saturated heterocycles. The minimum Gasteiger partial charge on any atom is -0.387 e. The van der Waals surface area contributed by atoms with Crippen LogP contribution >= 0.6 is 0 Å². The SMILES string of the molecule is CCN(CC(C)C(=N)N)C(=O)Nc1ccc(F)cc1F. The second-order valence-corrected chi connectivity index (χ2v) is 4.45. The molecule has 0 aliphatic carbocycles. The lowest BCUT2D eigenvalue weighted by Crippen LogP contribution is -2.40. The number of benzene rings is 1. The average Bonchev–Trinajstić information content (AvgIpc) is 2.38. The van der Waals surface area contributed by atoms with Gasteiger partial charge in [-0.25, -0.2) is 13.6 Å². The zero-order chi connectivity index (χ0) is 15.3. The zero-order valence-electron chi connectivity index (χ0n) is 11.4. The fraction of sp³-hybridized carbons (Fsp3) is 0.385. The summed E-state index contributed by atoms with van der Waals surface area (Å²) >= 11 is 0. The second-order valence-electron chi connectivity index (χ2n) is 4.45. The Morgan fingerprint density at radius 2 is 2.15 bits per heavy atom. The molecular weight excluding hydrogens is 266 g/mol. The summed E-state index contributed by atoms with van der Waals surface area (Å²) in [7, 11) is 0. The Labute approximate surface area is 116 Å². The van der Waals surface area contributed by atoms with Gasteiger partial charge in [-0.2, -0.15) is 0 Å². The lowest BCUT2D eigenvalue weighted by molar-refractivity contribution is 0.211. The van der Waals surface area contributed by atoms with Gasteiger partial charge < -0.3 is 16.0 Å². The van der Waals surface area contributed by atoms with E-state index in [0.717, 1.165) is 12.1 Å². The molecule has 5 nitrogen and oxygen atoms in total. The maximum Gasteiger partial charge on any atom is 0.321 e. The zero-order valence-corrected chi connectivity index (χ0v) is 11.4. The number of carbonyl (C=O) groups is 1. The molecule has 0 heterocycles. The van der Waals surface area contributed by atoms with Crippen molar-refractivity contribution < 1.29 is 13.6 Å². The first-order chi connectivity index (χ1) is 9.35. The smallest absolute Gasteiger partial charge is 0.321 e. The highest BCUT2D eigenvalue weighted by atomic mass is 19.1. The van der Waals surface area contributed by atoms with E-state index in [0.29, 0.717) is 12.6 Å². The number of hydrogen-bond acceptors (Lipinski definition) is 2.